The minimum Gasteiger partial charge on any atom is -0.384 e. The Hall–Kier alpha value is -1.72. The lowest BCUT2D eigenvalue weighted by atomic mass is 10.1. The molecule has 0 saturated heterocycles. The molecule has 1 saturated carbocycles. The number of hydrogen-bond acceptors (Lipinski definition) is 2. The van der Waals surface area contributed by atoms with Gasteiger partial charge in [0.25, 0.3) is 5.91 Å². The lowest BCUT2D eigenvalue weighted by molar-refractivity contribution is -0.137. The zero-order chi connectivity index (χ0) is 15.6. The maximum atomic E-state index is 13.1. The molecular weight excluding hydrogens is 281 g/mol. The number of benzene rings is 1. The Morgan fingerprint density at radius 3 is 2.57 bits per heavy atom. The lowest BCUT2D eigenvalue weighted by Gasteiger charge is -2.18. The summed E-state index contributed by atoms with van der Waals surface area (Å²) < 4.78 is 39.3. The van der Waals surface area contributed by atoms with Crippen LogP contribution in [0.1, 0.15) is 42.6 Å². The third kappa shape index (κ3) is 3.68. The van der Waals surface area contributed by atoms with E-state index < -0.39 is 17.6 Å². The van der Waals surface area contributed by atoms with Crippen LogP contribution in [0, 0.1) is 5.92 Å². The van der Waals surface area contributed by atoms with Crippen LogP contribution in [0.2, 0.25) is 0 Å². The highest BCUT2D eigenvalue weighted by Crippen LogP contribution is 2.37. The average molecular weight is 300 g/mol. The molecule has 2 atom stereocenters. The van der Waals surface area contributed by atoms with Crippen LogP contribution in [0.3, 0.4) is 0 Å². The zero-order valence-corrected chi connectivity index (χ0v) is 12.1. The predicted molar refractivity (Wildman–Crippen MR) is 75.3 cm³/mol. The molecule has 1 amide bonds. The van der Waals surface area contributed by atoms with E-state index in [9.17, 15) is 18.0 Å². The fraction of sp³-hybridized carbons (Fsp3) is 0.533. The predicted octanol–water partition coefficient (Wildman–Crippen LogP) is 3.67. The first kappa shape index (κ1) is 15.7. The highest BCUT2D eigenvalue weighted by molar-refractivity contribution is 6.00. The van der Waals surface area contributed by atoms with Crippen molar-refractivity contribution < 1.29 is 18.0 Å². The number of alkyl halides is 3. The molecule has 1 aromatic rings. The van der Waals surface area contributed by atoms with E-state index in [1.165, 1.54) is 12.1 Å². The number of nitrogens with one attached hydrogen (secondary N) is 2. The van der Waals surface area contributed by atoms with E-state index in [1.54, 1.807) is 0 Å². The largest absolute Gasteiger partial charge is 0.418 e. The second-order valence-electron chi connectivity index (χ2n) is 5.45. The Balaban J connectivity index is 2.32. The van der Waals surface area contributed by atoms with Crippen molar-refractivity contribution in [3.63, 3.8) is 0 Å². The van der Waals surface area contributed by atoms with Crippen LogP contribution in [-0.4, -0.2) is 18.5 Å². The average Bonchev–Trinajstić information content (AvgIpc) is 3.10. The molecule has 21 heavy (non-hydrogen) atoms. The minimum atomic E-state index is -4.49. The Morgan fingerprint density at radius 2 is 2.05 bits per heavy atom. The zero-order valence-electron chi connectivity index (χ0n) is 12.1. The van der Waals surface area contributed by atoms with Gasteiger partial charge in [0, 0.05) is 12.6 Å². The van der Waals surface area contributed by atoms with Crippen molar-refractivity contribution in [2.45, 2.75) is 38.9 Å². The molecule has 0 spiro atoms. The quantitative estimate of drug-likeness (QED) is 0.871. The summed E-state index contributed by atoms with van der Waals surface area (Å²) in [5.74, 6) is -0.0548. The van der Waals surface area contributed by atoms with Gasteiger partial charge in [0.15, 0.2) is 0 Å². The molecule has 1 aromatic carbocycles. The van der Waals surface area contributed by atoms with E-state index in [-0.39, 0.29) is 17.3 Å². The van der Waals surface area contributed by atoms with Gasteiger partial charge in [-0.1, -0.05) is 19.9 Å². The molecular formula is C15H19F3N2O. The van der Waals surface area contributed by atoms with Crippen LogP contribution < -0.4 is 10.6 Å². The summed E-state index contributed by atoms with van der Waals surface area (Å²) in [6.45, 7) is 4.23. The van der Waals surface area contributed by atoms with Crippen LogP contribution in [0.25, 0.3) is 0 Å². The number of carbonyl (C=O) groups is 1. The molecule has 2 rings (SSSR count). The number of anilines is 1. The molecule has 0 aliphatic heterocycles. The molecule has 1 fully saturated rings. The highest BCUT2D eigenvalue weighted by atomic mass is 19.4. The van der Waals surface area contributed by atoms with Crippen molar-refractivity contribution in [2.75, 3.05) is 11.9 Å². The first-order valence-corrected chi connectivity index (χ1v) is 7.09. The third-order valence-electron chi connectivity index (χ3n) is 3.59. The summed E-state index contributed by atoms with van der Waals surface area (Å²) in [5, 5.41) is 5.51. The monoisotopic (exact) mass is 300 g/mol. The third-order valence-corrected chi connectivity index (χ3v) is 3.59. The molecule has 0 heterocycles. The van der Waals surface area contributed by atoms with Crippen molar-refractivity contribution in [2.24, 2.45) is 5.92 Å². The van der Waals surface area contributed by atoms with Gasteiger partial charge in [-0.2, -0.15) is 13.2 Å². The first-order chi connectivity index (χ1) is 9.84. The molecule has 0 aromatic heterocycles. The van der Waals surface area contributed by atoms with Gasteiger partial charge in [-0.05, 0) is 30.9 Å². The normalized spacial score (nSPS) is 21.0. The van der Waals surface area contributed by atoms with E-state index >= 15 is 0 Å². The van der Waals surface area contributed by atoms with Gasteiger partial charge >= 0.3 is 6.18 Å². The molecule has 1 aliphatic carbocycles. The Morgan fingerprint density at radius 1 is 1.38 bits per heavy atom. The van der Waals surface area contributed by atoms with Gasteiger partial charge in [-0.3, -0.25) is 4.79 Å². The fourth-order valence-electron chi connectivity index (χ4n) is 2.19. The van der Waals surface area contributed by atoms with Gasteiger partial charge in [-0.15, -0.1) is 0 Å². The van der Waals surface area contributed by atoms with Crippen LogP contribution in [0.15, 0.2) is 18.2 Å². The maximum Gasteiger partial charge on any atom is 0.418 e. The maximum absolute atomic E-state index is 13.1. The van der Waals surface area contributed by atoms with Crippen LogP contribution in [0.4, 0.5) is 18.9 Å². The standard InChI is InChI=1S/C15H19F3N2O/c1-3-7-19-13-10(14(21)20-12-8-9(12)2)5-4-6-11(13)15(16,17)18/h4-6,9,12,19H,3,7-8H2,1-2H3,(H,20,21). The fourth-order valence-corrected chi connectivity index (χ4v) is 2.19. The Labute approximate surface area is 121 Å². The van der Waals surface area contributed by atoms with Crippen LogP contribution in [0.5, 0.6) is 0 Å². The molecule has 3 nitrogen and oxygen atoms in total. The van der Waals surface area contributed by atoms with Gasteiger partial charge in [0.2, 0.25) is 0 Å². The number of rotatable bonds is 5. The molecule has 1 aliphatic rings. The Bertz CT molecular complexity index is 528. The highest BCUT2D eigenvalue weighted by Gasteiger charge is 2.37. The Kier molecular flexibility index (Phi) is 4.44. The second kappa shape index (κ2) is 5.95. The summed E-state index contributed by atoms with van der Waals surface area (Å²) in [7, 11) is 0. The summed E-state index contributed by atoms with van der Waals surface area (Å²) in [6, 6.07) is 3.76. The van der Waals surface area contributed by atoms with Crippen molar-refractivity contribution in [3.05, 3.63) is 29.3 Å². The molecule has 0 bridgehead atoms. The number of halogens is 3. The van der Waals surface area contributed by atoms with E-state index in [0.717, 1.165) is 12.5 Å². The number of amides is 1. The van der Waals surface area contributed by atoms with E-state index in [2.05, 4.69) is 10.6 Å². The van der Waals surface area contributed by atoms with Crippen molar-refractivity contribution in [1.82, 2.24) is 5.32 Å². The van der Waals surface area contributed by atoms with Crippen LogP contribution in [-0.2, 0) is 6.18 Å². The smallest absolute Gasteiger partial charge is 0.384 e. The van der Waals surface area contributed by atoms with Gasteiger partial charge in [-0.25, -0.2) is 0 Å². The first-order valence-electron chi connectivity index (χ1n) is 7.09. The summed E-state index contributed by atoms with van der Waals surface area (Å²) in [4.78, 5) is 12.2. The van der Waals surface area contributed by atoms with Crippen molar-refractivity contribution in [1.29, 1.82) is 0 Å². The summed E-state index contributed by atoms with van der Waals surface area (Å²) in [6.07, 6.45) is -2.94. The molecule has 2 N–H and O–H groups in total. The van der Waals surface area contributed by atoms with Gasteiger partial charge < -0.3 is 10.6 Å². The lowest BCUT2D eigenvalue weighted by Crippen LogP contribution is -2.28. The molecule has 2 unspecified atom stereocenters. The molecule has 116 valence electrons. The topological polar surface area (TPSA) is 41.1 Å². The van der Waals surface area contributed by atoms with Crippen LogP contribution >= 0.6 is 0 Å². The van der Waals surface area contributed by atoms with Crippen molar-refractivity contribution in [3.8, 4) is 0 Å². The number of hydrogen-bond donors (Lipinski definition) is 2. The number of para-hydroxylation sites is 1. The van der Waals surface area contributed by atoms with Gasteiger partial charge in [0.05, 0.1) is 16.8 Å². The number of carbonyl (C=O) groups excluding carboxylic acids is 1. The summed E-state index contributed by atoms with van der Waals surface area (Å²) >= 11 is 0. The van der Waals surface area contributed by atoms with E-state index in [0.29, 0.717) is 18.9 Å². The van der Waals surface area contributed by atoms with E-state index in [4.69, 9.17) is 0 Å². The van der Waals surface area contributed by atoms with E-state index in [1.807, 2.05) is 13.8 Å². The second-order valence-corrected chi connectivity index (χ2v) is 5.45. The molecule has 0 radical (unpaired) electrons. The SMILES string of the molecule is CCCNc1c(C(=O)NC2CC2C)cccc1C(F)(F)F. The summed E-state index contributed by atoms with van der Waals surface area (Å²) in [5.41, 5.74) is -0.873. The van der Waals surface area contributed by atoms with Crippen molar-refractivity contribution >= 4 is 11.6 Å². The minimum absolute atomic E-state index is 0.0531. The van der Waals surface area contributed by atoms with Gasteiger partial charge in [0.1, 0.15) is 0 Å². The molecule has 6 heteroatoms.